The van der Waals surface area contributed by atoms with Gasteiger partial charge >= 0.3 is 5.97 Å². The Hall–Kier alpha value is -1.88. The van der Waals surface area contributed by atoms with Gasteiger partial charge < -0.3 is 15.2 Å². The van der Waals surface area contributed by atoms with E-state index < -0.39 is 5.97 Å². The predicted octanol–water partition coefficient (Wildman–Crippen LogP) is 1.29. The average molecular weight is 249 g/mol. The van der Waals surface area contributed by atoms with Crippen LogP contribution in [-0.2, 0) is 4.74 Å². The first kappa shape index (κ1) is 12.6. The molecule has 0 bridgehead atoms. The lowest BCUT2D eigenvalue weighted by Crippen LogP contribution is -2.40. The monoisotopic (exact) mass is 249 g/mol. The van der Waals surface area contributed by atoms with Crippen molar-refractivity contribution >= 4 is 11.9 Å². The maximum Gasteiger partial charge on any atom is 0.335 e. The molecule has 1 saturated heterocycles. The van der Waals surface area contributed by atoms with E-state index in [-0.39, 0.29) is 17.5 Å². The van der Waals surface area contributed by atoms with E-state index in [1.807, 2.05) is 0 Å². The third-order valence-electron chi connectivity index (χ3n) is 2.87. The summed E-state index contributed by atoms with van der Waals surface area (Å²) in [7, 11) is 0. The van der Waals surface area contributed by atoms with Crippen molar-refractivity contribution in [3.05, 3.63) is 35.4 Å². The zero-order chi connectivity index (χ0) is 13.0. The van der Waals surface area contributed by atoms with Gasteiger partial charge in [0.1, 0.15) is 0 Å². The van der Waals surface area contributed by atoms with Crippen LogP contribution in [0.4, 0.5) is 0 Å². The summed E-state index contributed by atoms with van der Waals surface area (Å²) in [5.74, 6) is -1.29. The third kappa shape index (κ3) is 3.07. The van der Waals surface area contributed by atoms with Crippen molar-refractivity contribution in [1.82, 2.24) is 5.32 Å². The van der Waals surface area contributed by atoms with E-state index in [9.17, 15) is 9.59 Å². The number of hydrogen-bond acceptors (Lipinski definition) is 3. The molecule has 0 radical (unpaired) electrons. The highest BCUT2D eigenvalue weighted by Crippen LogP contribution is 2.09. The van der Waals surface area contributed by atoms with Gasteiger partial charge in [-0.05, 0) is 31.0 Å². The molecule has 0 aromatic heterocycles. The lowest BCUT2D eigenvalue weighted by atomic mass is 10.1. The van der Waals surface area contributed by atoms with Crippen molar-refractivity contribution in [2.75, 3.05) is 13.2 Å². The number of carboxylic acid groups (broad SMARTS) is 1. The lowest BCUT2D eigenvalue weighted by Gasteiger charge is -2.23. The smallest absolute Gasteiger partial charge is 0.335 e. The fourth-order valence-corrected chi connectivity index (χ4v) is 1.92. The Morgan fingerprint density at radius 3 is 2.78 bits per heavy atom. The Balaban J connectivity index is 2.03. The molecular formula is C13H15NO4. The maximum absolute atomic E-state index is 11.9. The minimum atomic E-state index is -1.04. The fourth-order valence-electron chi connectivity index (χ4n) is 1.92. The highest BCUT2D eigenvalue weighted by Gasteiger charge is 2.17. The van der Waals surface area contributed by atoms with E-state index >= 15 is 0 Å². The van der Waals surface area contributed by atoms with Crippen LogP contribution in [0.5, 0.6) is 0 Å². The van der Waals surface area contributed by atoms with Gasteiger partial charge in [0.15, 0.2) is 0 Å². The van der Waals surface area contributed by atoms with Crippen LogP contribution in [0.3, 0.4) is 0 Å². The van der Waals surface area contributed by atoms with Crippen molar-refractivity contribution in [3.63, 3.8) is 0 Å². The van der Waals surface area contributed by atoms with Gasteiger partial charge in [0, 0.05) is 12.2 Å². The lowest BCUT2D eigenvalue weighted by molar-refractivity contribution is 0.0624. The van der Waals surface area contributed by atoms with E-state index in [1.54, 1.807) is 12.1 Å². The van der Waals surface area contributed by atoms with Crippen LogP contribution in [0.25, 0.3) is 0 Å². The van der Waals surface area contributed by atoms with Crippen molar-refractivity contribution < 1.29 is 19.4 Å². The molecule has 0 spiro atoms. The summed E-state index contributed by atoms with van der Waals surface area (Å²) in [6, 6.07) is 6.02. The van der Waals surface area contributed by atoms with Crippen molar-refractivity contribution in [3.8, 4) is 0 Å². The number of carbonyl (C=O) groups is 2. The molecule has 5 heteroatoms. The number of carboxylic acids is 1. The number of nitrogens with one attached hydrogen (secondary N) is 1. The molecule has 1 aromatic carbocycles. The molecule has 1 atom stereocenters. The number of carbonyl (C=O) groups excluding carboxylic acids is 1. The van der Waals surface area contributed by atoms with Crippen LogP contribution in [0.1, 0.15) is 33.6 Å². The molecule has 0 saturated carbocycles. The maximum atomic E-state index is 11.9. The quantitative estimate of drug-likeness (QED) is 0.846. The fraction of sp³-hybridized carbons (Fsp3) is 0.385. The zero-order valence-corrected chi connectivity index (χ0v) is 9.89. The molecule has 18 heavy (non-hydrogen) atoms. The SMILES string of the molecule is O=C(O)c1cccc(C(=O)NC2CCCOC2)c1. The van der Waals surface area contributed by atoms with Crippen LogP contribution in [-0.4, -0.2) is 36.2 Å². The Morgan fingerprint density at radius 2 is 2.11 bits per heavy atom. The molecule has 1 fully saturated rings. The molecule has 2 rings (SSSR count). The van der Waals surface area contributed by atoms with Gasteiger partial charge in [0.2, 0.25) is 0 Å². The van der Waals surface area contributed by atoms with E-state index in [2.05, 4.69) is 5.32 Å². The van der Waals surface area contributed by atoms with Crippen LogP contribution in [0, 0.1) is 0 Å². The Kier molecular flexibility index (Phi) is 3.94. The molecule has 1 aliphatic heterocycles. The second-order valence-electron chi connectivity index (χ2n) is 4.27. The van der Waals surface area contributed by atoms with E-state index in [4.69, 9.17) is 9.84 Å². The first-order chi connectivity index (χ1) is 8.66. The van der Waals surface area contributed by atoms with Crippen molar-refractivity contribution in [1.29, 1.82) is 0 Å². The predicted molar refractivity (Wildman–Crippen MR) is 64.7 cm³/mol. The average Bonchev–Trinajstić information content (AvgIpc) is 2.40. The molecule has 5 nitrogen and oxygen atoms in total. The topological polar surface area (TPSA) is 75.6 Å². The van der Waals surface area contributed by atoms with Crippen LogP contribution in [0.2, 0.25) is 0 Å². The Bertz CT molecular complexity index is 452. The van der Waals surface area contributed by atoms with Gasteiger partial charge in [0.25, 0.3) is 5.91 Å². The number of hydrogen-bond donors (Lipinski definition) is 2. The van der Waals surface area contributed by atoms with Gasteiger partial charge in [-0.1, -0.05) is 6.07 Å². The van der Waals surface area contributed by atoms with E-state index in [0.29, 0.717) is 12.2 Å². The molecule has 1 heterocycles. The van der Waals surface area contributed by atoms with Gasteiger partial charge in [-0.25, -0.2) is 4.79 Å². The zero-order valence-electron chi connectivity index (χ0n) is 9.89. The highest BCUT2D eigenvalue weighted by molar-refractivity contribution is 5.97. The number of amides is 1. The summed E-state index contributed by atoms with van der Waals surface area (Å²) in [5, 5.41) is 11.7. The summed E-state index contributed by atoms with van der Waals surface area (Å²) in [6.45, 7) is 1.26. The van der Waals surface area contributed by atoms with Gasteiger partial charge in [-0.2, -0.15) is 0 Å². The minimum Gasteiger partial charge on any atom is -0.478 e. The molecule has 1 amide bonds. The number of aromatic carboxylic acids is 1. The van der Waals surface area contributed by atoms with Gasteiger partial charge in [-0.3, -0.25) is 4.79 Å². The van der Waals surface area contributed by atoms with Crippen molar-refractivity contribution in [2.24, 2.45) is 0 Å². The number of ether oxygens (including phenoxy) is 1. The standard InChI is InChI=1S/C13H15NO4/c15-12(14-11-5-2-6-18-8-11)9-3-1-4-10(7-9)13(16)17/h1,3-4,7,11H,2,5-6,8H2,(H,14,15)(H,16,17). The Labute approximate surface area is 105 Å². The summed E-state index contributed by atoms with van der Waals surface area (Å²) in [5.41, 5.74) is 0.475. The molecule has 1 unspecified atom stereocenters. The highest BCUT2D eigenvalue weighted by atomic mass is 16.5. The second kappa shape index (κ2) is 5.64. The Morgan fingerprint density at radius 1 is 1.33 bits per heavy atom. The van der Waals surface area contributed by atoms with Crippen molar-refractivity contribution in [2.45, 2.75) is 18.9 Å². The molecule has 0 aliphatic carbocycles. The normalized spacial score (nSPS) is 19.2. The summed E-state index contributed by atoms with van der Waals surface area (Å²) in [4.78, 5) is 22.7. The van der Waals surface area contributed by atoms with Gasteiger partial charge in [0.05, 0.1) is 18.2 Å². The third-order valence-corrected chi connectivity index (χ3v) is 2.87. The molecular weight excluding hydrogens is 234 g/mol. The van der Waals surface area contributed by atoms with Crippen LogP contribution >= 0.6 is 0 Å². The summed E-state index contributed by atoms with van der Waals surface area (Å²) in [6.07, 6.45) is 1.82. The second-order valence-corrected chi connectivity index (χ2v) is 4.27. The minimum absolute atomic E-state index is 0.0136. The number of rotatable bonds is 3. The van der Waals surface area contributed by atoms with Crippen LogP contribution in [0.15, 0.2) is 24.3 Å². The molecule has 2 N–H and O–H groups in total. The number of benzene rings is 1. The summed E-state index contributed by atoms with van der Waals surface area (Å²) >= 11 is 0. The molecule has 96 valence electrons. The van der Waals surface area contributed by atoms with Crippen LogP contribution < -0.4 is 5.32 Å². The van der Waals surface area contributed by atoms with E-state index in [1.165, 1.54) is 12.1 Å². The van der Waals surface area contributed by atoms with Gasteiger partial charge in [-0.15, -0.1) is 0 Å². The first-order valence-electron chi connectivity index (χ1n) is 5.89. The largest absolute Gasteiger partial charge is 0.478 e. The first-order valence-corrected chi connectivity index (χ1v) is 5.89. The summed E-state index contributed by atoms with van der Waals surface area (Å²) < 4.78 is 5.27. The molecule has 1 aromatic rings. The molecule has 1 aliphatic rings. The van der Waals surface area contributed by atoms with E-state index in [0.717, 1.165) is 19.4 Å².